The van der Waals surface area contributed by atoms with Crippen molar-refractivity contribution in [1.29, 1.82) is 0 Å². The second kappa shape index (κ2) is 2.92. The smallest absolute Gasteiger partial charge is 0.193 e. The van der Waals surface area contributed by atoms with Crippen LogP contribution in [0.2, 0.25) is 0 Å². The van der Waals surface area contributed by atoms with Gasteiger partial charge in [0.05, 0.1) is 6.61 Å². The van der Waals surface area contributed by atoms with E-state index in [4.69, 9.17) is 4.74 Å². The minimum Gasteiger partial charge on any atom is -0.364 e. The molecule has 1 unspecified atom stereocenters. The fourth-order valence-electron chi connectivity index (χ4n) is 2.11. The zero-order valence-electron chi connectivity index (χ0n) is 7.95. The topological polar surface area (TPSA) is 29.6 Å². The predicted octanol–water partition coefficient (Wildman–Crippen LogP) is 1.76. The fraction of sp³-hybridized carbons (Fsp3) is 0.417. The first-order chi connectivity index (χ1) is 6.84. The summed E-state index contributed by atoms with van der Waals surface area (Å²) in [4.78, 5) is 11.7. The van der Waals surface area contributed by atoms with E-state index in [9.17, 15) is 4.79 Å². The van der Waals surface area contributed by atoms with Crippen molar-refractivity contribution in [1.82, 2.24) is 0 Å². The molecular formula is C12H12O2. The van der Waals surface area contributed by atoms with Crippen molar-refractivity contribution < 1.29 is 9.53 Å². The molecule has 0 radical (unpaired) electrons. The van der Waals surface area contributed by atoms with E-state index >= 15 is 0 Å². The highest BCUT2D eigenvalue weighted by atomic mass is 16.6. The Morgan fingerprint density at radius 2 is 2.07 bits per heavy atom. The number of ketones is 1. The Morgan fingerprint density at radius 1 is 1.29 bits per heavy atom. The molecule has 2 aliphatic rings. The number of hydrogen-bond donors (Lipinski definition) is 0. The van der Waals surface area contributed by atoms with Gasteiger partial charge in [0, 0.05) is 5.56 Å². The average molecular weight is 188 g/mol. The standard InChI is InChI=1S/C12H12O2/c13-12(11-7-14-11)10-5-4-8-2-1-3-9(8)6-10/h4-6,11H,1-3,7H2. The van der Waals surface area contributed by atoms with Gasteiger partial charge in [-0.2, -0.15) is 0 Å². The molecule has 1 saturated heterocycles. The minimum atomic E-state index is -0.144. The second-order valence-corrected chi connectivity index (χ2v) is 4.02. The molecule has 1 aliphatic carbocycles. The number of epoxide rings is 1. The SMILES string of the molecule is O=C(c1ccc2c(c1)CCC2)C1CO1. The molecule has 0 N–H and O–H groups in total. The Balaban J connectivity index is 1.95. The first kappa shape index (κ1) is 8.18. The zero-order valence-corrected chi connectivity index (χ0v) is 7.95. The predicted molar refractivity (Wildman–Crippen MR) is 52.5 cm³/mol. The number of aryl methyl sites for hydroxylation is 2. The molecule has 1 heterocycles. The molecule has 0 saturated carbocycles. The van der Waals surface area contributed by atoms with Gasteiger partial charge in [-0.3, -0.25) is 4.79 Å². The van der Waals surface area contributed by atoms with Crippen molar-refractivity contribution in [3.8, 4) is 0 Å². The Bertz CT molecular complexity index is 391. The molecule has 2 heteroatoms. The first-order valence-corrected chi connectivity index (χ1v) is 5.12. The van der Waals surface area contributed by atoms with E-state index in [1.807, 2.05) is 12.1 Å². The second-order valence-electron chi connectivity index (χ2n) is 4.02. The van der Waals surface area contributed by atoms with E-state index in [1.165, 1.54) is 24.0 Å². The monoisotopic (exact) mass is 188 g/mol. The van der Waals surface area contributed by atoms with Gasteiger partial charge in [-0.25, -0.2) is 0 Å². The molecule has 1 atom stereocenters. The number of benzene rings is 1. The van der Waals surface area contributed by atoms with Gasteiger partial charge in [0.1, 0.15) is 6.10 Å². The van der Waals surface area contributed by atoms with Gasteiger partial charge in [0.2, 0.25) is 0 Å². The average Bonchev–Trinajstić information content (AvgIpc) is 2.95. The molecule has 3 rings (SSSR count). The number of ether oxygens (including phenoxy) is 1. The molecule has 14 heavy (non-hydrogen) atoms. The van der Waals surface area contributed by atoms with Crippen LogP contribution in [0, 0.1) is 0 Å². The van der Waals surface area contributed by atoms with E-state index < -0.39 is 0 Å². The van der Waals surface area contributed by atoms with Crippen molar-refractivity contribution in [3.05, 3.63) is 34.9 Å². The Morgan fingerprint density at radius 3 is 2.86 bits per heavy atom. The van der Waals surface area contributed by atoms with Crippen LogP contribution in [0.3, 0.4) is 0 Å². The van der Waals surface area contributed by atoms with Crippen molar-refractivity contribution in [3.63, 3.8) is 0 Å². The maximum atomic E-state index is 11.7. The number of carbonyl (C=O) groups excluding carboxylic acids is 1. The molecular weight excluding hydrogens is 176 g/mol. The van der Waals surface area contributed by atoms with Crippen LogP contribution in [0.5, 0.6) is 0 Å². The van der Waals surface area contributed by atoms with Crippen molar-refractivity contribution in [2.75, 3.05) is 6.61 Å². The maximum absolute atomic E-state index is 11.7. The molecule has 1 aromatic rings. The van der Waals surface area contributed by atoms with Crippen LogP contribution in [0.1, 0.15) is 27.9 Å². The minimum absolute atomic E-state index is 0.144. The molecule has 0 spiro atoms. The van der Waals surface area contributed by atoms with Crippen LogP contribution in [0.4, 0.5) is 0 Å². The molecule has 0 amide bonds. The molecule has 2 nitrogen and oxygen atoms in total. The van der Waals surface area contributed by atoms with Gasteiger partial charge in [-0.05, 0) is 36.5 Å². The van der Waals surface area contributed by atoms with Gasteiger partial charge < -0.3 is 4.74 Å². The summed E-state index contributed by atoms with van der Waals surface area (Å²) in [5.74, 6) is 0.153. The summed E-state index contributed by atoms with van der Waals surface area (Å²) in [6, 6.07) is 6.08. The van der Waals surface area contributed by atoms with E-state index in [0.29, 0.717) is 6.61 Å². The number of hydrogen-bond acceptors (Lipinski definition) is 2. The van der Waals surface area contributed by atoms with Crippen LogP contribution < -0.4 is 0 Å². The van der Waals surface area contributed by atoms with Crippen molar-refractivity contribution in [2.24, 2.45) is 0 Å². The molecule has 1 aliphatic heterocycles. The summed E-state index contributed by atoms with van der Waals surface area (Å²) < 4.78 is 4.99. The Hall–Kier alpha value is -1.15. The molecule has 0 bridgehead atoms. The largest absolute Gasteiger partial charge is 0.364 e. The van der Waals surface area contributed by atoms with Crippen molar-refractivity contribution in [2.45, 2.75) is 25.4 Å². The summed E-state index contributed by atoms with van der Waals surface area (Å²) in [6.45, 7) is 0.607. The fourth-order valence-corrected chi connectivity index (χ4v) is 2.11. The highest BCUT2D eigenvalue weighted by molar-refractivity contribution is 6.01. The van der Waals surface area contributed by atoms with Gasteiger partial charge in [0.15, 0.2) is 5.78 Å². The summed E-state index contributed by atoms with van der Waals surface area (Å²) in [5, 5.41) is 0. The zero-order chi connectivity index (χ0) is 9.54. The maximum Gasteiger partial charge on any atom is 0.193 e. The highest BCUT2D eigenvalue weighted by Gasteiger charge is 2.32. The number of fused-ring (bicyclic) bond motifs is 1. The van der Waals surface area contributed by atoms with Gasteiger partial charge in [0.25, 0.3) is 0 Å². The summed E-state index contributed by atoms with van der Waals surface area (Å²) in [7, 11) is 0. The summed E-state index contributed by atoms with van der Waals surface area (Å²) in [6.07, 6.45) is 3.38. The number of carbonyl (C=O) groups is 1. The van der Waals surface area contributed by atoms with Crippen LogP contribution in [0.15, 0.2) is 18.2 Å². The van der Waals surface area contributed by atoms with Crippen LogP contribution in [-0.2, 0) is 17.6 Å². The third-order valence-corrected chi connectivity index (χ3v) is 3.01. The van der Waals surface area contributed by atoms with Crippen molar-refractivity contribution >= 4 is 5.78 Å². The third kappa shape index (κ3) is 1.26. The van der Waals surface area contributed by atoms with Gasteiger partial charge in [-0.15, -0.1) is 0 Å². The quantitative estimate of drug-likeness (QED) is 0.522. The Labute approximate surface area is 82.9 Å². The number of Topliss-reactive ketones (excluding diaryl/α,β-unsaturated/α-hetero) is 1. The van der Waals surface area contributed by atoms with Gasteiger partial charge >= 0.3 is 0 Å². The lowest BCUT2D eigenvalue weighted by atomic mass is 10.0. The lowest BCUT2D eigenvalue weighted by molar-refractivity contribution is 0.0953. The lowest BCUT2D eigenvalue weighted by Crippen LogP contribution is -2.07. The highest BCUT2D eigenvalue weighted by Crippen LogP contribution is 2.25. The van der Waals surface area contributed by atoms with E-state index in [0.717, 1.165) is 12.0 Å². The van der Waals surface area contributed by atoms with Crippen LogP contribution >= 0.6 is 0 Å². The van der Waals surface area contributed by atoms with E-state index in [-0.39, 0.29) is 11.9 Å². The summed E-state index contributed by atoms with van der Waals surface area (Å²) in [5.41, 5.74) is 3.60. The first-order valence-electron chi connectivity index (χ1n) is 5.12. The Kier molecular flexibility index (Phi) is 1.71. The molecule has 72 valence electrons. The number of rotatable bonds is 2. The summed E-state index contributed by atoms with van der Waals surface area (Å²) >= 11 is 0. The lowest BCUT2D eigenvalue weighted by Gasteiger charge is -2.01. The van der Waals surface area contributed by atoms with Crippen LogP contribution in [-0.4, -0.2) is 18.5 Å². The van der Waals surface area contributed by atoms with E-state index in [1.54, 1.807) is 0 Å². The normalized spacial score (nSPS) is 23.3. The molecule has 1 fully saturated rings. The molecule has 1 aromatic carbocycles. The van der Waals surface area contributed by atoms with E-state index in [2.05, 4.69) is 6.07 Å². The molecule has 0 aromatic heterocycles. The van der Waals surface area contributed by atoms with Gasteiger partial charge in [-0.1, -0.05) is 12.1 Å². The third-order valence-electron chi connectivity index (χ3n) is 3.01. The van der Waals surface area contributed by atoms with Crippen LogP contribution in [0.25, 0.3) is 0 Å².